The summed E-state index contributed by atoms with van der Waals surface area (Å²) in [4.78, 5) is 0. The van der Waals surface area contributed by atoms with Gasteiger partial charge in [-0.3, -0.25) is 0 Å². The van der Waals surface area contributed by atoms with Crippen LogP contribution in [0, 0.1) is 6.92 Å². The molecule has 3 rings (SSSR count). The number of hydrogen-bond donors (Lipinski definition) is 1. The fourth-order valence-electron chi connectivity index (χ4n) is 2.82. The molecule has 1 N–H and O–H groups in total. The molecule has 3 aromatic rings. The second-order valence-electron chi connectivity index (χ2n) is 6.68. The summed E-state index contributed by atoms with van der Waals surface area (Å²) in [7, 11) is 0. The average molecular weight is 485 g/mol. The Morgan fingerprint density at radius 2 is 1.63 bits per heavy atom. The topological polar surface area (TPSA) is 30.5 Å². The molecule has 3 nitrogen and oxygen atoms in total. The fraction of sp³-hybridized carbons (Fsp3) is 0.217. The Kier molecular flexibility index (Phi) is 8.01. The minimum Gasteiger partial charge on any atom is -0.490 e. The molecule has 0 aliphatic carbocycles. The Balaban J connectivity index is 1.76. The number of hydrogen-bond acceptors (Lipinski definition) is 3. The predicted octanol–water partition coefficient (Wildman–Crippen LogP) is 8.20. The molecule has 0 fully saturated rings. The van der Waals surface area contributed by atoms with Gasteiger partial charge in [0.25, 0.3) is 0 Å². The molecule has 0 spiro atoms. The van der Waals surface area contributed by atoms with Gasteiger partial charge in [-0.25, -0.2) is 0 Å². The van der Waals surface area contributed by atoms with E-state index in [4.69, 9.17) is 55.9 Å². The number of ether oxygens (including phenoxy) is 2. The first kappa shape index (κ1) is 22.9. The van der Waals surface area contributed by atoms with Crippen LogP contribution in [0.5, 0.6) is 11.5 Å². The van der Waals surface area contributed by atoms with Crippen molar-refractivity contribution in [1.29, 1.82) is 0 Å². The van der Waals surface area contributed by atoms with Crippen LogP contribution in [0.2, 0.25) is 20.1 Å². The van der Waals surface area contributed by atoms with E-state index < -0.39 is 0 Å². The van der Waals surface area contributed by atoms with Gasteiger partial charge in [0.1, 0.15) is 6.61 Å². The predicted molar refractivity (Wildman–Crippen MR) is 127 cm³/mol. The third-order valence-corrected chi connectivity index (χ3v) is 5.70. The van der Waals surface area contributed by atoms with E-state index in [1.165, 1.54) is 0 Å². The maximum atomic E-state index is 6.52. The molecule has 0 bridgehead atoms. The van der Waals surface area contributed by atoms with E-state index in [0.29, 0.717) is 39.7 Å². The minimum atomic E-state index is 0.245. The molecular weight excluding hydrogens is 464 g/mol. The summed E-state index contributed by atoms with van der Waals surface area (Å²) in [5.74, 6) is 1.06. The lowest BCUT2D eigenvalue weighted by atomic mass is 10.1. The van der Waals surface area contributed by atoms with E-state index in [1.54, 1.807) is 12.1 Å². The van der Waals surface area contributed by atoms with Crippen molar-refractivity contribution in [2.75, 3.05) is 11.9 Å². The van der Waals surface area contributed by atoms with Crippen molar-refractivity contribution in [2.45, 2.75) is 27.0 Å². The summed E-state index contributed by atoms with van der Waals surface area (Å²) < 4.78 is 11.7. The van der Waals surface area contributed by atoms with Crippen LogP contribution in [0.15, 0.2) is 48.5 Å². The maximum Gasteiger partial charge on any atom is 0.180 e. The molecule has 0 saturated carbocycles. The first-order valence-electron chi connectivity index (χ1n) is 9.39. The second kappa shape index (κ2) is 10.5. The number of aryl methyl sites for hydroxylation is 1. The summed E-state index contributed by atoms with van der Waals surface area (Å²) >= 11 is 24.9. The molecule has 7 heteroatoms. The van der Waals surface area contributed by atoms with Crippen LogP contribution in [0.1, 0.15) is 23.6 Å². The molecule has 3 aromatic carbocycles. The molecule has 0 aromatic heterocycles. The molecular formula is C23H21Cl4NO2. The first-order valence-corrected chi connectivity index (χ1v) is 10.9. The number of nitrogens with one attached hydrogen (secondary N) is 1. The SMILES string of the molecule is CCOc1cc(CNc2ccc(C)c(Cl)c2)cc(Cl)c1OCc1ccc(Cl)cc1Cl. The van der Waals surface area contributed by atoms with Gasteiger partial charge in [-0.05, 0) is 61.4 Å². The summed E-state index contributed by atoms with van der Waals surface area (Å²) in [5.41, 5.74) is 3.72. The van der Waals surface area contributed by atoms with Gasteiger partial charge < -0.3 is 14.8 Å². The van der Waals surface area contributed by atoms with E-state index >= 15 is 0 Å². The van der Waals surface area contributed by atoms with Crippen molar-refractivity contribution in [3.05, 3.63) is 85.3 Å². The monoisotopic (exact) mass is 483 g/mol. The first-order chi connectivity index (χ1) is 14.4. The number of anilines is 1. The lowest BCUT2D eigenvalue weighted by Gasteiger charge is -2.16. The largest absolute Gasteiger partial charge is 0.490 e. The normalized spacial score (nSPS) is 10.7. The van der Waals surface area contributed by atoms with Gasteiger partial charge in [0.2, 0.25) is 0 Å². The zero-order chi connectivity index (χ0) is 21.7. The van der Waals surface area contributed by atoms with Crippen molar-refractivity contribution < 1.29 is 9.47 Å². The molecule has 0 amide bonds. The number of rotatable bonds is 8. The van der Waals surface area contributed by atoms with Gasteiger partial charge in [-0.2, -0.15) is 0 Å². The molecule has 0 aliphatic heterocycles. The summed E-state index contributed by atoms with van der Waals surface area (Å²) in [6, 6.07) is 14.9. The van der Waals surface area contributed by atoms with Crippen LogP contribution in [-0.2, 0) is 13.2 Å². The van der Waals surface area contributed by atoms with Crippen LogP contribution in [0.3, 0.4) is 0 Å². The second-order valence-corrected chi connectivity index (χ2v) is 8.34. The van der Waals surface area contributed by atoms with Crippen molar-refractivity contribution in [3.63, 3.8) is 0 Å². The molecule has 0 heterocycles. The molecule has 0 saturated heterocycles. The van der Waals surface area contributed by atoms with E-state index in [9.17, 15) is 0 Å². The maximum absolute atomic E-state index is 6.52. The molecule has 30 heavy (non-hydrogen) atoms. The number of halogens is 4. The van der Waals surface area contributed by atoms with Crippen LogP contribution in [0.25, 0.3) is 0 Å². The summed E-state index contributed by atoms with van der Waals surface area (Å²) in [6.45, 7) is 5.17. The number of benzene rings is 3. The van der Waals surface area contributed by atoms with Crippen molar-refractivity contribution >= 4 is 52.1 Å². The molecule has 0 unspecified atom stereocenters. The molecule has 0 atom stereocenters. The minimum absolute atomic E-state index is 0.245. The van der Waals surface area contributed by atoms with Gasteiger partial charge in [0, 0.05) is 32.9 Å². The Hall–Kier alpha value is -1.78. The van der Waals surface area contributed by atoms with Crippen LogP contribution >= 0.6 is 46.4 Å². The van der Waals surface area contributed by atoms with Crippen LogP contribution in [-0.4, -0.2) is 6.61 Å². The third-order valence-electron chi connectivity index (χ3n) is 4.42. The molecule has 0 radical (unpaired) electrons. The smallest absolute Gasteiger partial charge is 0.180 e. The van der Waals surface area contributed by atoms with Gasteiger partial charge in [0.15, 0.2) is 11.5 Å². The van der Waals surface area contributed by atoms with Gasteiger partial charge in [0.05, 0.1) is 11.6 Å². The van der Waals surface area contributed by atoms with Gasteiger partial charge in [-0.15, -0.1) is 0 Å². The van der Waals surface area contributed by atoms with Crippen molar-refractivity contribution in [2.24, 2.45) is 0 Å². The summed E-state index contributed by atoms with van der Waals surface area (Å²) in [6.07, 6.45) is 0. The van der Waals surface area contributed by atoms with E-state index in [0.717, 1.165) is 27.4 Å². The fourth-order valence-corrected chi connectivity index (χ4v) is 3.75. The molecule has 158 valence electrons. The highest BCUT2D eigenvalue weighted by Gasteiger charge is 2.14. The van der Waals surface area contributed by atoms with Crippen LogP contribution in [0.4, 0.5) is 5.69 Å². The van der Waals surface area contributed by atoms with E-state index in [2.05, 4.69) is 5.32 Å². The van der Waals surface area contributed by atoms with E-state index in [1.807, 2.05) is 50.2 Å². The van der Waals surface area contributed by atoms with Gasteiger partial charge in [-0.1, -0.05) is 58.5 Å². The highest BCUT2D eigenvalue weighted by molar-refractivity contribution is 6.35. The standard InChI is InChI=1S/C23H21Cl4NO2/c1-3-29-22-9-15(12-28-18-7-4-14(2)19(25)11-18)8-21(27)23(22)30-13-16-5-6-17(24)10-20(16)26/h4-11,28H,3,12-13H2,1-2H3. The van der Waals surface area contributed by atoms with E-state index in [-0.39, 0.29) is 6.61 Å². The van der Waals surface area contributed by atoms with Crippen LogP contribution < -0.4 is 14.8 Å². The van der Waals surface area contributed by atoms with Crippen molar-refractivity contribution in [1.82, 2.24) is 0 Å². The Bertz CT molecular complexity index is 1040. The zero-order valence-electron chi connectivity index (χ0n) is 16.6. The molecule has 0 aliphatic rings. The Labute approximate surface area is 196 Å². The highest BCUT2D eigenvalue weighted by Crippen LogP contribution is 2.38. The Morgan fingerprint density at radius 1 is 0.833 bits per heavy atom. The zero-order valence-corrected chi connectivity index (χ0v) is 19.6. The summed E-state index contributed by atoms with van der Waals surface area (Å²) in [5, 5.41) is 5.64. The lowest BCUT2D eigenvalue weighted by Crippen LogP contribution is -2.04. The Morgan fingerprint density at radius 3 is 2.33 bits per heavy atom. The highest BCUT2D eigenvalue weighted by atomic mass is 35.5. The average Bonchev–Trinajstić information content (AvgIpc) is 2.70. The quantitative estimate of drug-likeness (QED) is 0.349. The third kappa shape index (κ3) is 5.89. The van der Waals surface area contributed by atoms with Crippen molar-refractivity contribution in [3.8, 4) is 11.5 Å². The van der Waals surface area contributed by atoms with Gasteiger partial charge >= 0.3 is 0 Å². The lowest BCUT2D eigenvalue weighted by molar-refractivity contribution is 0.269.